The largest absolute Gasteiger partial charge is 0.313 e. The lowest BCUT2D eigenvalue weighted by Crippen LogP contribution is -2.62. The van der Waals surface area contributed by atoms with Crippen LogP contribution in [0.1, 0.15) is 40.5 Å². The summed E-state index contributed by atoms with van der Waals surface area (Å²) in [5.74, 6) is 2.68. The lowest BCUT2D eigenvalue weighted by molar-refractivity contribution is -0.251. The zero-order chi connectivity index (χ0) is 12.6. The van der Waals surface area contributed by atoms with Gasteiger partial charge in [0.05, 0.1) is 6.54 Å². The Kier molecular flexibility index (Phi) is 5.49. The van der Waals surface area contributed by atoms with Gasteiger partial charge in [0, 0.05) is 17.1 Å². The normalized spacial score (nSPS) is 24.1. The van der Waals surface area contributed by atoms with Gasteiger partial charge in [0.15, 0.2) is 0 Å². The minimum Gasteiger partial charge on any atom is -0.313 e. The highest BCUT2D eigenvalue weighted by Gasteiger charge is 2.45. The number of hydroxylamine groups is 2. The van der Waals surface area contributed by atoms with Crippen molar-refractivity contribution < 1.29 is 5.21 Å². The molecule has 0 spiro atoms. The second-order valence-electron chi connectivity index (χ2n) is 6.12. The van der Waals surface area contributed by atoms with Crippen LogP contribution in [0.5, 0.6) is 0 Å². The fraction of sp³-hybridized carbons (Fsp3) is 0.846. The van der Waals surface area contributed by atoms with Crippen molar-refractivity contribution in [2.24, 2.45) is 0 Å². The molecule has 0 atom stereocenters. The Morgan fingerprint density at radius 1 is 1.29 bits per heavy atom. The third kappa shape index (κ3) is 3.59. The molecule has 1 aliphatic rings. The van der Waals surface area contributed by atoms with E-state index in [0.717, 1.165) is 12.8 Å². The van der Waals surface area contributed by atoms with E-state index in [2.05, 4.69) is 45.6 Å². The van der Waals surface area contributed by atoms with Gasteiger partial charge in [0.25, 0.3) is 0 Å². The molecule has 0 saturated carbocycles. The van der Waals surface area contributed by atoms with Crippen LogP contribution < -0.4 is 0 Å². The molecule has 1 aliphatic heterocycles. The van der Waals surface area contributed by atoms with E-state index < -0.39 is 0 Å². The van der Waals surface area contributed by atoms with Gasteiger partial charge in [-0.25, -0.2) is 0 Å². The summed E-state index contributed by atoms with van der Waals surface area (Å²) in [6, 6.07) is 0.435. The van der Waals surface area contributed by atoms with E-state index in [1.54, 1.807) is 0 Å². The van der Waals surface area contributed by atoms with Crippen LogP contribution in [0.15, 0.2) is 0 Å². The minimum absolute atomic E-state index is 0. The Bertz CT molecular complexity index is 278. The standard InChI is InChI=1S/C13H24N2O.ClH/c1-7-8-14(6)11-9-12(2,3)15(16)13(4,5)10-11;/h1,11,16H,8-10H2,2-6H3;1H. The number of hydrogen-bond acceptors (Lipinski definition) is 3. The smallest absolute Gasteiger partial charge is 0.0598 e. The van der Waals surface area contributed by atoms with Gasteiger partial charge in [-0.15, -0.1) is 18.8 Å². The number of nitrogens with zero attached hydrogens (tertiary/aromatic N) is 2. The number of piperidine rings is 1. The van der Waals surface area contributed by atoms with E-state index in [4.69, 9.17) is 6.42 Å². The van der Waals surface area contributed by atoms with Gasteiger partial charge in [-0.05, 0) is 47.6 Å². The highest BCUT2D eigenvalue weighted by molar-refractivity contribution is 5.85. The molecule has 0 aliphatic carbocycles. The van der Waals surface area contributed by atoms with Crippen molar-refractivity contribution in [3.8, 4) is 12.3 Å². The molecule has 3 nitrogen and oxygen atoms in total. The molecule has 1 N–H and O–H groups in total. The lowest BCUT2D eigenvalue weighted by atomic mass is 9.78. The topological polar surface area (TPSA) is 26.7 Å². The van der Waals surface area contributed by atoms with Crippen LogP contribution in [0, 0.1) is 12.3 Å². The van der Waals surface area contributed by atoms with Gasteiger partial charge >= 0.3 is 0 Å². The van der Waals surface area contributed by atoms with Crippen molar-refractivity contribution >= 4 is 12.4 Å². The first-order valence-electron chi connectivity index (χ1n) is 5.83. The number of halogens is 1. The summed E-state index contributed by atoms with van der Waals surface area (Å²) < 4.78 is 0. The first-order chi connectivity index (χ1) is 7.20. The summed E-state index contributed by atoms with van der Waals surface area (Å²) in [5.41, 5.74) is -0.398. The van der Waals surface area contributed by atoms with E-state index >= 15 is 0 Å². The number of rotatable bonds is 2. The van der Waals surface area contributed by atoms with Crippen molar-refractivity contribution in [2.45, 2.75) is 57.7 Å². The Morgan fingerprint density at radius 2 is 1.71 bits per heavy atom. The fourth-order valence-corrected chi connectivity index (χ4v) is 2.80. The van der Waals surface area contributed by atoms with Gasteiger partial charge < -0.3 is 5.21 Å². The molecule has 1 saturated heterocycles. The van der Waals surface area contributed by atoms with Crippen molar-refractivity contribution in [3.63, 3.8) is 0 Å². The van der Waals surface area contributed by atoms with Gasteiger partial charge in [-0.2, -0.15) is 5.06 Å². The molecule has 0 unspecified atom stereocenters. The molecule has 17 heavy (non-hydrogen) atoms. The Morgan fingerprint density at radius 3 is 2.06 bits per heavy atom. The molecule has 0 aromatic carbocycles. The molecule has 100 valence electrons. The average molecular weight is 261 g/mol. The van der Waals surface area contributed by atoms with Crippen molar-refractivity contribution in [3.05, 3.63) is 0 Å². The van der Waals surface area contributed by atoms with E-state index in [1.807, 2.05) is 0 Å². The first-order valence-corrected chi connectivity index (χ1v) is 5.83. The summed E-state index contributed by atoms with van der Waals surface area (Å²) in [6.45, 7) is 8.97. The Labute approximate surface area is 112 Å². The molecule has 0 aromatic heterocycles. The Hall–Kier alpha value is -0.270. The molecular formula is C13H25ClN2O. The molecular weight excluding hydrogens is 236 g/mol. The van der Waals surface area contributed by atoms with E-state index in [0.29, 0.717) is 12.6 Å². The van der Waals surface area contributed by atoms with E-state index in [9.17, 15) is 5.21 Å². The van der Waals surface area contributed by atoms with Gasteiger partial charge in [-0.1, -0.05) is 5.92 Å². The first kappa shape index (κ1) is 16.7. The van der Waals surface area contributed by atoms with Crippen molar-refractivity contribution in [2.75, 3.05) is 13.6 Å². The summed E-state index contributed by atoms with van der Waals surface area (Å²) in [6.07, 6.45) is 7.22. The maximum Gasteiger partial charge on any atom is 0.0598 e. The molecule has 1 fully saturated rings. The predicted octanol–water partition coefficient (Wildman–Crippen LogP) is 2.38. The molecule has 1 heterocycles. The molecule has 0 bridgehead atoms. The summed E-state index contributed by atoms with van der Waals surface area (Å²) in [5, 5.41) is 11.7. The molecule has 4 heteroatoms. The van der Waals surface area contributed by atoms with Crippen LogP contribution in [-0.4, -0.2) is 45.9 Å². The van der Waals surface area contributed by atoms with E-state index in [1.165, 1.54) is 5.06 Å². The molecule has 0 amide bonds. The predicted molar refractivity (Wildman–Crippen MR) is 73.5 cm³/mol. The van der Waals surface area contributed by atoms with Crippen LogP contribution in [0.4, 0.5) is 0 Å². The van der Waals surface area contributed by atoms with E-state index in [-0.39, 0.29) is 23.5 Å². The highest BCUT2D eigenvalue weighted by atomic mass is 35.5. The number of terminal acetylenes is 1. The van der Waals surface area contributed by atoms with Crippen LogP contribution in [0.25, 0.3) is 0 Å². The summed E-state index contributed by atoms with van der Waals surface area (Å²) in [7, 11) is 2.06. The maximum atomic E-state index is 10.2. The molecule has 0 radical (unpaired) electrons. The Balaban J connectivity index is 0.00000256. The van der Waals surface area contributed by atoms with Gasteiger partial charge in [0.2, 0.25) is 0 Å². The number of hydrogen-bond donors (Lipinski definition) is 1. The summed E-state index contributed by atoms with van der Waals surface area (Å²) in [4.78, 5) is 2.20. The zero-order valence-corrected chi connectivity index (χ0v) is 12.3. The summed E-state index contributed by atoms with van der Waals surface area (Å²) >= 11 is 0. The van der Waals surface area contributed by atoms with Crippen molar-refractivity contribution in [1.29, 1.82) is 0 Å². The SMILES string of the molecule is C#CCN(C)C1CC(C)(C)N(O)C(C)(C)C1.Cl. The quantitative estimate of drug-likeness (QED) is 0.773. The van der Waals surface area contributed by atoms with Crippen LogP contribution in [0.3, 0.4) is 0 Å². The average Bonchev–Trinajstić information content (AvgIpc) is 2.13. The third-order valence-electron chi connectivity index (χ3n) is 3.58. The van der Waals surface area contributed by atoms with Gasteiger partial charge in [-0.3, -0.25) is 4.90 Å². The fourth-order valence-electron chi connectivity index (χ4n) is 2.80. The second kappa shape index (κ2) is 5.58. The van der Waals surface area contributed by atoms with Gasteiger partial charge in [0.1, 0.15) is 0 Å². The maximum absolute atomic E-state index is 10.2. The van der Waals surface area contributed by atoms with Crippen LogP contribution >= 0.6 is 12.4 Å². The van der Waals surface area contributed by atoms with Crippen LogP contribution in [0.2, 0.25) is 0 Å². The third-order valence-corrected chi connectivity index (χ3v) is 3.58. The van der Waals surface area contributed by atoms with Crippen LogP contribution in [-0.2, 0) is 0 Å². The molecule has 0 aromatic rings. The monoisotopic (exact) mass is 260 g/mol. The zero-order valence-electron chi connectivity index (χ0n) is 11.5. The van der Waals surface area contributed by atoms with Crippen molar-refractivity contribution in [1.82, 2.24) is 9.96 Å². The second-order valence-corrected chi connectivity index (χ2v) is 6.12. The minimum atomic E-state index is -0.199. The lowest BCUT2D eigenvalue weighted by Gasteiger charge is -2.53. The molecule has 1 rings (SSSR count). The highest BCUT2D eigenvalue weighted by Crippen LogP contribution is 2.38.